The Kier molecular flexibility index (Phi) is 5.12. The summed E-state index contributed by atoms with van der Waals surface area (Å²) in [5, 5.41) is 3.68. The number of halogens is 1. The number of nitrogens with zero attached hydrogens (tertiary/aromatic N) is 2. The number of amides is 2. The minimum Gasteiger partial charge on any atom is -0.449 e. The van der Waals surface area contributed by atoms with E-state index in [2.05, 4.69) is 5.32 Å². The fraction of sp³-hybridized carbons (Fsp3) is 0.143. The minimum absolute atomic E-state index is 0.145. The van der Waals surface area contributed by atoms with Crippen LogP contribution in [0.5, 0.6) is 0 Å². The number of fused-ring (bicyclic) bond motifs is 3. The van der Waals surface area contributed by atoms with E-state index in [0.29, 0.717) is 31.8 Å². The number of nitrogens with two attached hydrogens (primary N) is 1. The van der Waals surface area contributed by atoms with Crippen molar-refractivity contribution in [2.75, 3.05) is 5.32 Å². The molecule has 2 heterocycles. The Morgan fingerprint density at radius 3 is 2.55 bits per heavy atom. The van der Waals surface area contributed by atoms with Gasteiger partial charge in [-0.15, -0.1) is 0 Å². The lowest BCUT2D eigenvalue weighted by Gasteiger charge is -2.13. The van der Waals surface area contributed by atoms with Gasteiger partial charge < -0.3 is 15.5 Å². The summed E-state index contributed by atoms with van der Waals surface area (Å²) in [4.78, 5) is 50.1. The number of hydrogen-bond acceptors (Lipinski definition) is 5. The average molecular weight is 441 g/mol. The van der Waals surface area contributed by atoms with E-state index >= 15 is 0 Å². The maximum absolute atomic E-state index is 13.1. The first-order valence-corrected chi connectivity index (χ1v) is 9.64. The van der Waals surface area contributed by atoms with Crippen molar-refractivity contribution in [3.8, 4) is 0 Å². The van der Waals surface area contributed by atoms with Crippen LogP contribution in [-0.2, 0) is 22.7 Å². The molecular weight excluding hydrogens is 424 g/mol. The van der Waals surface area contributed by atoms with Crippen molar-refractivity contribution in [1.29, 1.82) is 0 Å². The Morgan fingerprint density at radius 2 is 1.81 bits per heavy atom. The van der Waals surface area contributed by atoms with Crippen LogP contribution in [0.25, 0.3) is 22.1 Å². The first kappa shape index (κ1) is 20.4. The van der Waals surface area contributed by atoms with Crippen LogP contribution in [0.3, 0.4) is 0 Å². The fourth-order valence-electron chi connectivity index (χ4n) is 3.41. The molecule has 31 heavy (non-hydrogen) atoms. The van der Waals surface area contributed by atoms with Crippen molar-refractivity contribution in [2.45, 2.75) is 20.0 Å². The maximum Gasteiger partial charge on any atom is 0.332 e. The first-order chi connectivity index (χ1) is 14.8. The number of hydrogen-bond donors (Lipinski definition) is 2. The largest absolute Gasteiger partial charge is 0.449 e. The number of rotatable bonds is 5. The van der Waals surface area contributed by atoms with Crippen LogP contribution in [0.2, 0.25) is 5.02 Å². The lowest BCUT2D eigenvalue weighted by Crippen LogP contribution is -2.43. The van der Waals surface area contributed by atoms with E-state index in [0.717, 1.165) is 4.57 Å². The van der Waals surface area contributed by atoms with Crippen molar-refractivity contribution < 1.29 is 14.0 Å². The molecule has 0 saturated heterocycles. The van der Waals surface area contributed by atoms with Crippen LogP contribution in [-0.4, -0.2) is 20.9 Å². The maximum atomic E-state index is 13.1. The molecule has 0 atom stereocenters. The quantitative estimate of drug-likeness (QED) is 0.490. The highest BCUT2D eigenvalue weighted by Gasteiger charge is 2.22. The van der Waals surface area contributed by atoms with Crippen LogP contribution in [0.15, 0.2) is 56.5 Å². The molecule has 0 aliphatic heterocycles. The van der Waals surface area contributed by atoms with Crippen LogP contribution in [0, 0.1) is 6.92 Å². The lowest BCUT2D eigenvalue weighted by molar-refractivity contribution is -0.118. The lowest BCUT2D eigenvalue weighted by atomic mass is 10.2. The van der Waals surface area contributed by atoms with Crippen LogP contribution in [0.1, 0.15) is 5.56 Å². The van der Waals surface area contributed by atoms with Gasteiger partial charge in [0.2, 0.25) is 17.4 Å². The Labute approximate surface area is 179 Å². The summed E-state index contributed by atoms with van der Waals surface area (Å²) < 4.78 is 7.40. The molecule has 0 aliphatic rings. The highest BCUT2D eigenvalue weighted by Crippen LogP contribution is 2.26. The number of primary amides is 1. The second kappa shape index (κ2) is 7.77. The molecule has 2 aromatic heterocycles. The Bertz CT molecular complexity index is 1480. The predicted octanol–water partition coefficient (Wildman–Crippen LogP) is 2.00. The van der Waals surface area contributed by atoms with Gasteiger partial charge in [-0.05, 0) is 36.8 Å². The number of para-hydroxylation sites is 1. The molecule has 4 aromatic rings. The molecule has 0 aliphatic carbocycles. The van der Waals surface area contributed by atoms with Crippen molar-refractivity contribution >= 4 is 51.2 Å². The van der Waals surface area contributed by atoms with Gasteiger partial charge in [-0.2, -0.15) is 0 Å². The van der Waals surface area contributed by atoms with Gasteiger partial charge in [0.15, 0.2) is 0 Å². The summed E-state index contributed by atoms with van der Waals surface area (Å²) in [7, 11) is 0. The fourth-order valence-corrected chi connectivity index (χ4v) is 3.59. The number of aromatic nitrogens is 2. The summed E-state index contributed by atoms with van der Waals surface area (Å²) >= 11 is 6.10. The number of furan rings is 1. The van der Waals surface area contributed by atoms with Gasteiger partial charge in [0.05, 0.1) is 0 Å². The average Bonchev–Trinajstić information content (AvgIpc) is 3.11. The Morgan fingerprint density at radius 1 is 1.06 bits per heavy atom. The number of anilines is 1. The molecular formula is C21H17ClN4O5. The van der Waals surface area contributed by atoms with E-state index in [4.69, 9.17) is 21.8 Å². The molecule has 0 bridgehead atoms. The molecule has 3 N–H and O–H groups in total. The number of nitrogens with one attached hydrogen (secondary N) is 1. The SMILES string of the molecule is Cc1c(Cl)cccc1NC(=O)Cn1c(=O)n(CC(N)=O)c(=O)c2oc3ccccc3c21. The smallest absolute Gasteiger partial charge is 0.332 e. The van der Waals surface area contributed by atoms with E-state index in [9.17, 15) is 19.2 Å². The van der Waals surface area contributed by atoms with E-state index in [1.54, 1.807) is 49.4 Å². The third kappa shape index (κ3) is 3.59. The van der Waals surface area contributed by atoms with Gasteiger partial charge in [-0.25, -0.2) is 9.36 Å². The second-order valence-electron chi connectivity index (χ2n) is 6.96. The molecule has 158 valence electrons. The molecule has 9 nitrogen and oxygen atoms in total. The number of carbonyl (C=O) groups is 2. The molecule has 0 saturated carbocycles. The molecule has 0 radical (unpaired) electrons. The van der Waals surface area contributed by atoms with Crippen LogP contribution >= 0.6 is 11.6 Å². The molecule has 2 aromatic carbocycles. The summed E-state index contributed by atoms with van der Waals surface area (Å²) in [6.45, 7) is 0.683. The normalized spacial score (nSPS) is 11.2. The third-order valence-corrected chi connectivity index (χ3v) is 5.31. The second-order valence-corrected chi connectivity index (χ2v) is 7.37. The highest BCUT2D eigenvalue weighted by atomic mass is 35.5. The Balaban J connectivity index is 1.88. The van der Waals surface area contributed by atoms with E-state index < -0.39 is 36.2 Å². The van der Waals surface area contributed by atoms with Crippen molar-refractivity contribution in [1.82, 2.24) is 9.13 Å². The van der Waals surface area contributed by atoms with Crippen molar-refractivity contribution in [3.63, 3.8) is 0 Å². The topological polar surface area (TPSA) is 129 Å². The number of carbonyl (C=O) groups excluding carboxylic acids is 2. The summed E-state index contributed by atoms with van der Waals surface area (Å²) in [5.41, 5.74) is 5.11. The van der Waals surface area contributed by atoms with Gasteiger partial charge in [-0.1, -0.05) is 29.8 Å². The molecule has 2 amide bonds. The zero-order valence-corrected chi connectivity index (χ0v) is 17.1. The Hall–Kier alpha value is -3.85. The zero-order chi connectivity index (χ0) is 22.3. The minimum atomic E-state index is -0.875. The van der Waals surface area contributed by atoms with Gasteiger partial charge in [0, 0.05) is 16.1 Å². The molecule has 0 spiro atoms. The molecule has 0 unspecified atom stereocenters. The van der Waals surface area contributed by atoms with Crippen LogP contribution in [0.4, 0.5) is 5.69 Å². The summed E-state index contributed by atoms with van der Waals surface area (Å²) in [5.74, 6) is -1.40. The van der Waals surface area contributed by atoms with E-state index in [-0.39, 0.29) is 11.1 Å². The first-order valence-electron chi connectivity index (χ1n) is 9.26. The monoisotopic (exact) mass is 440 g/mol. The summed E-state index contributed by atoms with van der Waals surface area (Å²) in [6.07, 6.45) is 0. The molecule has 0 fully saturated rings. The van der Waals surface area contributed by atoms with E-state index in [1.807, 2.05) is 0 Å². The number of benzene rings is 2. The van der Waals surface area contributed by atoms with Gasteiger partial charge in [0.25, 0.3) is 5.56 Å². The van der Waals surface area contributed by atoms with Gasteiger partial charge >= 0.3 is 5.69 Å². The van der Waals surface area contributed by atoms with Crippen LogP contribution < -0.4 is 22.3 Å². The summed E-state index contributed by atoms with van der Waals surface area (Å²) in [6, 6.07) is 11.8. The van der Waals surface area contributed by atoms with Gasteiger partial charge in [-0.3, -0.25) is 19.0 Å². The molecule has 4 rings (SSSR count). The van der Waals surface area contributed by atoms with Crippen molar-refractivity contribution in [3.05, 3.63) is 73.9 Å². The van der Waals surface area contributed by atoms with E-state index in [1.165, 1.54) is 0 Å². The highest BCUT2D eigenvalue weighted by molar-refractivity contribution is 6.31. The predicted molar refractivity (Wildman–Crippen MR) is 116 cm³/mol. The van der Waals surface area contributed by atoms with Crippen molar-refractivity contribution in [2.24, 2.45) is 5.73 Å². The standard InChI is InChI=1S/C21H17ClN4O5/c1-11-13(22)6-4-7-14(11)24-17(28)10-25-18-12-5-2-3-8-15(12)31-19(18)20(29)26(21(25)30)9-16(23)27/h2-8H,9-10H2,1H3,(H2,23,27)(H,24,28). The van der Waals surface area contributed by atoms with Gasteiger partial charge in [0.1, 0.15) is 24.2 Å². The zero-order valence-electron chi connectivity index (χ0n) is 16.3. The molecule has 10 heteroatoms. The third-order valence-electron chi connectivity index (χ3n) is 4.90.